The third-order valence-electron chi connectivity index (χ3n) is 1.45. The third-order valence-corrected chi connectivity index (χ3v) is 2.60. The number of carbonyl (C=O) groups is 1. The van der Waals surface area contributed by atoms with E-state index in [4.69, 9.17) is 8.92 Å². The SMILES string of the molecule is CC1CN(C(=O)OC(C)(C)C)S(=O)O1. The lowest BCUT2D eigenvalue weighted by atomic mass is 10.2. The molecular formula is C8H15NO4S. The number of hydrogen-bond donors (Lipinski definition) is 0. The molecule has 1 heterocycles. The summed E-state index contributed by atoms with van der Waals surface area (Å²) in [6, 6.07) is 0. The zero-order valence-corrected chi connectivity index (χ0v) is 9.59. The van der Waals surface area contributed by atoms with Crippen molar-refractivity contribution in [3.63, 3.8) is 0 Å². The van der Waals surface area contributed by atoms with Gasteiger partial charge in [-0.15, -0.1) is 0 Å². The average Bonchev–Trinajstić information content (AvgIpc) is 2.26. The molecule has 0 spiro atoms. The van der Waals surface area contributed by atoms with Crippen LogP contribution in [0.15, 0.2) is 0 Å². The fraction of sp³-hybridized carbons (Fsp3) is 0.875. The molecule has 2 unspecified atom stereocenters. The molecule has 0 aromatic heterocycles. The zero-order chi connectivity index (χ0) is 10.9. The fourth-order valence-corrected chi connectivity index (χ4v) is 1.90. The highest BCUT2D eigenvalue weighted by molar-refractivity contribution is 7.78. The maximum absolute atomic E-state index is 11.4. The van der Waals surface area contributed by atoms with Crippen molar-refractivity contribution in [2.24, 2.45) is 0 Å². The van der Waals surface area contributed by atoms with E-state index in [0.29, 0.717) is 6.54 Å². The van der Waals surface area contributed by atoms with Crippen molar-refractivity contribution >= 4 is 17.4 Å². The van der Waals surface area contributed by atoms with Gasteiger partial charge in [0, 0.05) is 0 Å². The van der Waals surface area contributed by atoms with Gasteiger partial charge >= 0.3 is 6.09 Å². The van der Waals surface area contributed by atoms with Crippen LogP contribution in [0.1, 0.15) is 27.7 Å². The molecule has 0 N–H and O–H groups in total. The molecule has 0 saturated carbocycles. The summed E-state index contributed by atoms with van der Waals surface area (Å²) >= 11 is -1.70. The summed E-state index contributed by atoms with van der Waals surface area (Å²) in [6.45, 7) is 7.33. The molecular weight excluding hydrogens is 206 g/mol. The first kappa shape index (κ1) is 11.5. The molecule has 1 amide bonds. The Morgan fingerprint density at radius 1 is 1.57 bits per heavy atom. The lowest BCUT2D eigenvalue weighted by Gasteiger charge is -2.22. The highest BCUT2D eigenvalue weighted by atomic mass is 32.2. The first-order chi connectivity index (χ1) is 6.29. The minimum Gasteiger partial charge on any atom is -0.443 e. The fourth-order valence-electron chi connectivity index (χ4n) is 0.966. The van der Waals surface area contributed by atoms with Crippen molar-refractivity contribution in [2.75, 3.05) is 6.54 Å². The minimum atomic E-state index is -1.70. The van der Waals surface area contributed by atoms with Gasteiger partial charge in [-0.3, -0.25) is 4.18 Å². The molecule has 82 valence electrons. The molecule has 0 aliphatic carbocycles. The standard InChI is InChI=1S/C8H15NO4S/c1-6-5-9(14(11)13-6)7(10)12-8(2,3)4/h6H,5H2,1-4H3. The summed E-state index contributed by atoms with van der Waals surface area (Å²) in [5, 5.41) is 0. The van der Waals surface area contributed by atoms with E-state index in [1.165, 1.54) is 0 Å². The Morgan fingerprint density at radius 2 is 2.14 bits per heavy atom. The van der Waals surface area contributed by atoms with Gasteiger partial charge in [0.25, 0.3) is 11.3 Å². The lowest BCUT2D eigenvalue weighted by Crippen LogP contribution is -2.35. The molecule has 0 aromatic rings. The van der Waals surface area contributed by atoms with Crippen LogP contribution in [0.2, 0.25) is 0 Å². The van der Waals surface area contributed by atoms with Crippen molar-refractivity contribution in [1.29, 1.82) is 0 Å². The van der Waals surface area contributed by atoms with Crippen molar-refractivity contribution in [2.45, 2.75) is 39.4 Å². The van der Waals surface area contributed by atoms with Crippen LogP contribution in [-0.4, -0.2) is 32.9 Å². The number of rotatable bonds is 0. The number of carbonyl (C=O) groups excluding carboxylic acids is 1. The maximum atomic E-state index is 11.4. The van der Waals surface area contributed by atoms with Crippen LogP contribution in [-0.2, 0) is 20.2 Å². The molecule has 0 aromatic carbocycles. The topological polar surface area (TPSA) is 55.8 Å². The Kier molecular flexibility index (Phi) is 3.16. The Balaban J connectivity index is 2.58. The summed E-state index contributed by atoms with van der Waals surface area (Å²) in [7, 11) is 0. The normalized spacial score (nSPS) is 27.9. The van der Waals surface area contributed by atoms with Crippen molar-refractivity contribution in [3.8, 4) is 0 Å². The van der Waals surface area contributed by atoms with Crippen LogP contribution >= 0.6 is 0 Å². The predicted octanol–water partition coefficient (Wildman–Crippen LogP) is 1.22. The van der Waals surface area contributed by atoms with Crippen molar-refractivity contribution in [1.82, 2.24) is 4.31 Å². The second-order valence-electron chi connectivity index (χ2n) is 4.17. The van der Waals surface area contributed by atoms with Crippen LogP contribution in [0.3, 0.4) is 0 Å². The highest BCUT2D eigenvalue weighted by Crippen LogP contribution is 2.17. The van der Waals surface area contributed by atoms with Gasteiger partial charge in [-0.25, -0.2) is 13.3 Å². The quantitative estimate of drug-likeness (QED) is 0.617. The first-order valence-corrected chi connectivity index (χ1v) is 5.42. The van der Waals surface area contributed by atoms with Crippen LogP contribution in [0.5, 0.6) is 0 Å². The third kappa shape index (κ3) is 2.95. The molecule has 0 radical (unpaired) electrons. The van der Waals surface area contributed by atoms with E-state index in [1.807, 2.05) is 0 Å². The van der Waals surface area contributed by atoms with E-state index in [-0.39, 0.29) is 6.10 Å². The van der Waals surface area contributed by atoms with E-state index >= 15 is 0 Å². The highest BCUT2D eigenvalue weighted by Gasteiger charge is 2.34. The van der Waals surface area contributed by atoms with E-state index in [9.17, 15) is 9.00 Å². The van der Waals surface area contributed by atoms with Crippen LogP contribution in [0, 0.1) is 0 Å². The summed E-state index contributed by atoms with van der Waals surface area (Å²) < 4.78 is 22.3. The van der Waals surface area contributed by atoms with Gasteiger partial charge in [-0.1, -0.05) is 0 Å². The van der Waals surface area contributed by atoms with Gasteiger partial charge in [-0.2, -0.15) is 0 Å². The summed E-state index contributed by atoms with van der Waals surface area (Å²) in [5.41, 5.74) is -0.576. The first-order valence-electron chi connectivity index (χ1n) is 4.39. The Morgan fingerprint density at radius 3 is 2.50 bits per heavy atom. The van der Waals surface area contributed by atoms with Gasteiger partial charge in [0.15, 0.2) is 0 Å². The second kappa shape index (κ2) is 3.86. The van der Waals surface area contributed by atoms with Gasteiger partial charge in [0.1, 0.15) is 5.60 Å². The van der Waals surface area contributed by atoms with Crippen LogP contribution in [0.4, 0.5) is 4.79 Å². The van der Waals surface area contributed by atoms with Gasteiger partial charge in [-0.05, 0) is 27.7 Å². The van der Waals surface area contributed by atoms with Crippen molar-refractivity contribution in [3.05, 3.63) is 0 Å². The smallest absolute Gasteiger partial charge is 0.424 e. The minimum absolute atomic E-state index is 0.205. The monoisotopic (exact) mass is 221 g/mol. The second-order valence-corrected chi connectivity index (χ2v) is 5.23. The summed E-state index contributed by atoms with van der Waals surface area (Å²) in [4.78, 5) is 11.4. The Hall–Kier alpha value is -0.620. The molecule has 14 heavy (non-hydrogen) atoms. The van der Waals surface area contributed by atoms with Gasteiger partial charge in [0.2, 0.25) is 0 Å². The van der Waals surface area contributed by atoms with E-state index in [2.05, 4.69) is 0 Å². The molecule has 5 nitrogen and oxygen atoms in total. The largest absolute Gasteiger partial charge is 0.443 e. The van der Waals surface area contributed by atoms with E-state index in [1.54, 1.807) is 27.7 Å². The van der Waals surface area contributed by atoms with Gasteiger partial charge in [0.05, 0.1) is 12.6 Å². The van der Waals surface area contributed by atoms with Crippen molar-refractivity contribution < 1.29 is 17.9 Å². The molecule has 0 bridgehead atoms. The number of amides is 1. The zero-order valence-electron chi connectivity index (χ0n) is 8.77. The Labute approximate surface area is 86.2 Å². The molecule has 1 fully saturated rings. The van der Waals surface area contributed by atoms with E-state index in [0.717, 1.165) is 4.31 Å². The molecule has 1 aliphatic heterocycles. The molecule has 2 atom stereocenters. The number of nitrogens with zero attached hydrogens (tertiary/aromatic N) is 1. The average molecular weight is 221 g/mol. The molecule has 1 saturated heterocycles. The number of hydrogen-bond acceptors (Lipinski definition) is 4. The molecule has 1 aliphatic rings. The van der Waals surface area contributed by atoms with Gasteiger partial charge < -0.3 is 4.74 Å². The summed E-state index contributed by atoms with van der Waals surface area (Å²) in [6.07, 6.45) is -0.802. The van der Waals surface area contributed by atoms with E-state index < -0.39 is 23.0 Å². The lowest BCUT2D eigenvalue weighted by molar-refractivity contribution is 0.0403. The molecule has 1 rings (SSSR count). The maximum Gasteiger partial charge on any atom is 0.424 e. The van der Waals surface area contributed by atoms with Crippen LogP contribution < -0.4 is 0 Å². The summed E-state index contributed by atoms with van der Waals surface area (Å²) in [5.74, 6) is 0. The molecule has 6 heteroatoms. The predicted molar refractivity (Wildman–Crippen MR) is 51.6 cm³/mol. The van der Waals surface area contributed by atoms with Crippen LogP contribution in [0.25, 0.3) is 0 Å². The number of ether oxygens (including phenoxy) is 1. The Bertz CT molecular complexity index is 261.